The van der Waals surface area contributed by atoms with Gasteiger partial charge in [-0.25, -0.2) is 0 Å². The summed E-state index contributed by atoms with van der Waals surface area (Å²) in [6.45, 7) is 0. The van der Waals surface area contributed by atoms with Crippen LogP contribution >= 0.6 is 0 Å². The maximum Gasteiger partial charge on any atom is 0.179 e. The lowest BCUT2D eigenvalue weighted by molar-refractivity contribution is 0.768. The van der Waals surface area contributed by atoms with E-state index in [1.165, 1.54) is 76.4 Å². The van der Waals surface area contributed by atoms with Crippen LogP contribution in [-0.2, 0) is 5.41 Å². The first-order chi connectivity index (χ1) is 34.2. The number of para-hydroxylation sites is 1. The molecule has 2 heteroatoms. The fraction of sp³-hybridized carbons (Fsp3) is 0.0149. The van der Waals surface area contributed by atoms with Crippen LogP contribution in [-0.4, -0.2) is 8.07 Å². The van der Waals surface area contributed by atoms with Crippen molar-refractivity contribution in [3.63, 3.8) is 0 Å². The number of anilines is 3. The van der Waals surface area contributed by atoms with Gasteiger partial charge < -0.3 is 4.90 Å². The number of hydrogen-bond donors (Lipinski definition) is 0. The summed E-state index contributed by atoms with van der Waals surface area (Å²) >= 11 is 0. The summed E-state index contributed by atoms with van der Waals surface area (Å²) in [6.07, 6.45) is 0. The first kappa shape index (κ1) is 41.8. The SMILES string of the molecule is c1ccc(-c2ccc3c(c2)C(c2ccccc2)(c2ccccc2)c2cc(N(c4ccccc4)c4ccc(-c5ccc([Si](c6ccccc6)(c6ccccc6)c6ccccc6)cc5)cc4)ccc2-3)cc1. The molecule has 1 aliphatic rings. The molecule has 0 aliphatic heterocycles. The van der Waals surface area contributed by atoms with E-state index in [-0.39, 0.29) is 0 Å². The maximum absolute atomic E-state index is 2.63. The van der Waals surface area contributed by atoms with E-state index >= 15 is 0 Å². The van der Waals surface area contributed by atoms with Crippen LogP contribution in [0.3, 0.4) is 0 Å². The van der Waals surface area contributed by atoms with Gasteiger partial charge in [0, 0.05) is 17.1 Å². The van der Waals surface area contributed by atoms with Crippen molar-refractivity contribution in [3.05, 3.63) is 320 Å². The van der Waals surface area contributed by atoms with E-state index in [9.17, 15) is 0 Å². The van der Waals surface area contributed by atoms with Crippen molar-refractivity contribution in [2.24, 2.45) is 0 Å². The molecule has 0 atom stereocenters. The molecule has 0 unspecified atom stereocenters. The van der Waals surface area contributed by atoms with Crippen LogP contribution in [0, 0.1) is 0 Å². The third-order valence-corrected chi connectivity index (χ3v) is 19.1. The third-order valence-electron chi connectivity index (χ3n) is 14.3. The second-order valence-electron chi connectivity index (χ2n) is 18.0. The average Bonchev–Trinajstić information content (AvgIpc) is 3.73. The molecule has 11 aromatic carbocycles. The minimum absolute atomic E-state index is 0.561. The van der Waals surface area contributed by atoms with Gasteiger partial charge in [-0.2, -0.15) is 0 Å². The Hall–Kier alpha value is -8.56. The molecule has 1 nitrogen and oxygen atoms in total. The molecule has 1 aliphatic carbocycles. The quantitative estimate of drug-likeness (QED) is 0.0924. The van der Waals surface area contributed by atoms with Crippen molar-refractivity contribution in [3.8, 4) is 33.4 Å². The highest BCUT2D eigenvalue weighted by Crippen LogP contribution is 2.58. The van der Waals surface area contributed by atoms with Crippen molar-refractivity contribution < 1.29 is 0 Å². The first-order valence-corrected chi connectivity index (χ1v) is 25.9. The average molecular weight is 896 g/mol. The molecule has 0 bridgehead atoms. The number of nitrogens with zero attached hydrogens (tertiary/aromatic N) is 1. The predicted octanol–water partition coefficient (Wildman–Crippen LogP) is 14.2. The van der Waals surface area contributed by atoms with E-state index in [0.29, 0.717) is 0 Å². The molecular weight excluding hydrogens is 847 g/mol. The van der Waals surface area contributed by atoms with Gasteiger partial charge in [0.1, 0.15) is 0 Å². The molecular formula is C67H49NSi. The van der Waals surface area contributed by atoms with E-state index in [1.807, 2.05) is 0 Å². The Bertz CT molecular complexity index is 3350. The molecule has 0 spiro atoms. The molecule has 0 aromatic heterocycles. The Balaban J connectivity index is 0.973. The van der Waals surface area contributed by atoms with Gasteiger partial charge in [-0.15, -0.1) is 0 Å². The maximum atomic E-state index is 2.46. The Labute approximate surface area is 407 Å². The van der Waals surface area contributed by atoms with Crippen molar-refractivity contribution in [2.45, 2.75) is 5.41 Å². The van der Waals surface area contributed by atoms with E-state index < -0.39 is 13.5 Å². The second-order valence-corrected chi connectivity index (χ2v) is 21.8. The van der Waals surface area contributed by atoms with Crippen molar-refractivity contribution in [1.82, 2.24) is 0 Å². The lowest BCUT2D eigenvalue weighted by Gasteiger charge is -2.35. The van der Waals surface area contributed by atoms with Gasteiger partial charge in [-0.1, -0.05) is 255 Å². The molecule has 0 saturated heterocycles. The van der Waals surface area contributed by atoms with Gasteiger partial charge in [0.05, 0.1) is 5.41 Å². The smallest absolute Gasteiger partial charge is 0.179 e. The molecule has 12 rings (SSSR count). The van der Waals surface area contributed by atoms with Crippen molar-refractivity contribution >= 4 is 45.9 Å². The zero-order valence-corrected chi connectivity index (χ0v) is 39.2. The molecule has 326 valence electrons. The third kappa shape index (κ3) is 7.16. The predicted molar refractivity (Wildman–Crippen MR) is 293 cm³/mol. The molecule has 0 N–H and O–H groups in total. The summed E-state index contributed by atoms with van der Waals surface area (Å²) in [5.41, 5.74) is 15.1. The Morgan fingerprint density at radius 1 is 0.246 bits per heavy atom. The van der Waals surface area contributed by atoms with Gasteiger partial charge >= 0.3 is 0 Å². The summed E-state index contributed by atoms with van der Waals surface area (Å²) in [7, 11) is -2.63. The monoisotopic (exact) mass is 895 g/mol. The zero-order valence-electron chi connectivity index (χ0n) is 38.2. The minimum atomic E-state index is -2.63. The fourth-order valence-corrected chi connectivity index (χ4v) is 16.0. The summed E-state index contributed by atoms with van der Waals surface area (Å²) in [4.78, 5) is 2.41. The lowest BCUT2D eigenvalue weighted by Crippen LogP contribution is -2.74. The second kappa shape index (κ2) is 17.9. The van der Waals surface area contributed by atoms with Gasteiger partial charge in [-0.3, -0.25) is 0 Å². The van der Waals surface area contributed by atoms with Gasteiger partial charge in [0.15, 0.2) is 8.07 Å². The van der Waals surface area contributed by atoms with Crippen molar-refractivity contribution in [2.75, 3.05) is 4.90 Å². The van der Waals surface area contributed by atoms with Gasteiger partial charge in [0.2, 0.25) is 0 Å². The van der Waals surface area contributed by atoms with Crippen LogP contribution in [0.4, 0.5) is 17.1 Å². The molecule has 0 radical (unpaired) electrons. The van der Waals surface area contributed by atoms with Crippen LogP contribution in [0.1, 0.15) is 22.3 Å². The van der Waals surface area contributed by atoms with E-state index in [1.54, 1.807) is 0 Å². The zero-order chi connectivity index (χ0) is 46.0. The number of hydrogen-bond acceptors (Lipinski definition) is 1. The minimum Gasteiger partial charge on any atom is -0.310 e. The molecule has 0 amide bonds. The highest BCUT2D eigenvalue weighted by molar-refractivity contribution is 7.19. The fourth-order valence-electron chi connectivity index (χ4n) is 11.2. The van der Waals surface area contributed by atoms with Crippen LogP contribution in [0.5, 0.6) is 0 Å². The molecule has 0 fully saturated rings. The van der Waals surface area contributed by atoms with Crippen LogP contribution in [0.2, 0.25) is 0 Å². The van der Waals surface area contributed by atoms with Gasteiger partial charge in [0.25, 0.3) is 0 Å². The summed E-state index contributed by atoms with van der Waals surface area (Å²) in [5, 5.41) is 5.48. The largest absolute Gasteiger partial charge is 0.310 e. The Morgan fingerprint density at radius 2 is 0.580 bits per heavy atom. The van der Waals surface area contributed by atoms with Crippen LogP contribution in [0.25, 0.3) is 33.4 Å². The molecule has 0 saturated carbocycles. The topological polar surface area (TPSA) is 3.24 Å². The number of fused-ring (bicyclic) bond motifs is 3. The Morgan fingerprint density at radius 3 is 1.07 bits per heavy atom. The highest BCUT2D eigenvalue weighted by atomic mass is 28.3. The molecule has 11 aromatic rings. The lowest BCUT2D eigenvalue weighted by atomic mass is 9.67. The highest BCUT2D eigenvalue weighted by Gasteiger charge is 2.47. The normalized spacial score (nSPS) is 12.5. The Kier molecular flexibility index (Phi) is 10.9. The number of benzene rings is 11. The van der Waals surface area contributed by atoms with Gasteiger partial charge in [-0.05, 0) is 119 Å². The summed E-state index contributed by atoms with van der Waals surface area (Å²) < 4.78 is 0. The van der Waals surface area contributed by atoms with E-state index in [0.717, 1.165) is 17.1 Å². The molecule has 0 heterocycles. The van der Waals surface area contributed by atoms with E-state index in [2.05, 4.69) is 302 Å². The van der Waals surface area contributed by atoms with Crippen LogP contribution in [0.15, 0.2) is 297 Å². The van der Waals surface area contributed by atoms with Crippen molar-refractivity contribution in [1.29, 1.82) is 0 Å². The summed E-state index contributed by atoms with van der Waals surface area (Å²) in [6, 6.07) is 110. The standard InChI is InChI=1S/C67H49NSi/c1-8-22-50(23-9-1)53-40-46-63-64-47-43-58(49-66(64)67(65(63)48-53,54-24-10-2-11-25-54)55-26-12-3-13-27-55)68(56-28-14-4-15-29-56)57-41-36-51(37-42-57)52-38-44-62(45-39-52)69(59-30-16-5-17-31-59,60-32-18-6-19-33-60)61-34-20-7-21-35-61/h1-49H. The summed E-state index contributed by atoms with van der Waals surface area (Å²) in [5.74, 6) is 0. The number of rotatable bonds is 11. The van der Waals surface area contributed by atoms with E-state index in [4.69, 9.17) is 0 Å². The first-order valence-electron chi connectivity index (χ1n) is 23.9. The molecule has 69 heavy (non-hydrogen) atoms. The van der Waals surface area contributed by atoms with Crippen LogP contribution < -0.4 is 25.6 Å².